The van der Waals surface area contributed by atoms with Gasteiger partial charge in [0.25, 0.3) is 0 Å². The molecule has 0 aromatic rings. The van der Waals surface area contributed by atoms with Gasteiger partial charge in [0.15, 0.2) is 0 Å². The van der Waals surface area contributed by atoms with Crippen LogP contribution in [0.1, 0.15) is 26.7 Å². The molecule has 0 aromatic heterocycles. The van der Waals surface area contributed by atoms with Gasteiger partial charge in [0, 0.05) is 11.1 Å². The molecule has 32 heavy (non-hydrogen) atoms. The summed E-state index contributed by atoms with van der Waals surface area (Å²) in [4.78, 5) is 0. The summed E-state index contributed by atoms with van der Waals surface area (Å²) in [6.07, 6.45) is -9.86. The first kappa shape index (κ1) is 30.6. The third-order valence-electron chi connectivity index (χ3n) is 5.21. The molecular weight excluding hydrogens is 476 g/mol. The van der Waals surface area contributed by atoms with E-state index in [4.69, 9.17) is 0 Å². The monoisotopic (exact) mass is 498 g/mol. The number of hydrogen-bond donors (Lipinski definition) is 2. The van der Waals surface area contributed by atoms with Gasteiger partial charge in [0.2, 0.25) is 13.9 Å². The molecule has 0 amide bonds. The molecule has 0 bridgehead atoms. The highest BCUT2D eigenvalue weighted by atomic mass is 19.4. The van der Waals surface area contributed by atoms with Crippen LogP contribution in [0.2, 0.25) is 0 Å². The van der Waals surface area contributed by atoms with E-state index in [1.807, 2.05) is 0 Å². The highest BCUT2D eigenvalue weighted by molar-refractivity contribution is 5.32. The molecular formula is C18H22F12O2. The van der Waals surface area contributed by atoms with Crippen LogP contribution in [-0.4, -0.2) is 48.1 Å². The Kier molecular flexibility index (Phi) is 10.6. The van der Waals surface area contributed by atoms with Crippen molar-refractivity contribution in [2.45, 2.75) is 50.8 Å². The summed E-state index contributed by atoms with van der Waals surface area (Å²) in [6, 6.07) is 0. The molecule has 0 fully saturated rings. The number of aliphatic hydroxyl groups is 2. The van der Waals surface area contributed by atoms with Gasteiger partial charge in [-0.15, -0.1) is 0 Å². The molecule has 2 aliphatic rings. The fourth-order valence-corrected chi connectivity index (χ4v) is 3.92. The van der Waals surface area contributed by atoms with Crippen molar-refractivity contribution < 1.29 is 62.9 Å². The number of halogens is 12. The van der Waals surface area contributed by atoms with Crippen LogP contribution in [0.25, 0.3) is 0 Å². The van der Waals surface area contributed by atoms with E-state index < -0.39 is 72.7 Å². The van der Waals surface area contributed by atoms with E-state index in [1.165, 1.54) is 13.8 Å². The lowest BCUT2D eigenvalue weighted by Gasteiger charge is -2.32. The van der Waals surface area contributed by atoms with E-state index in [0.717, 1.165) is 12.2 Å². The Hall–Kier alpha value is -1.44. The zero-order chi connectivity index (χ0) is 25.7. The van der Waals surface area contributed by atoms with Crippen molar-refractivity contribution in [3.8, 4) is 0 Å². The molecule has 0 heterocycles. The van der Waals surface area contributed by atoms with Crippen LogP contribution in [0.4, 0.5) is 52.7 Å². The average Bonchev–Trinajstić information content (AvgIpc) is 3.17. The summed E-state index contributed by atoms with van der Waals surface area (Å²) in [5, 5.41) is 18.6. The zero-order valence-electron chi connectivity index (χ0n) is 16.7. The Morgan fingerprint density at radius 1 is 0.781 bits per heavy atom. The lowest BCUT2D eigenvalue weighted by atomic mass is 9.77. The fraction of sp³-hybridized carbons (Fsp3) is 0.778. The van der Waals surface area contributed by atoms with Gasteiger partial charge in [-0.05, 0) is 36.5 Å². The SMILES string of the molecule is CC1CC(C2C(C(O)(F)C(F)(F)F)=CCC2C)C=C1C(O)(F)C(F)(F)F.FCF.FCF. The predicted octanol–water partition coefficient (Wildman–Crippen LogP) is 6.36. The van der Waals surface area contributed by atoms with Crippen molar-refractivity contribution in [2.24, 2.45) is 23.7 Å². The van der Waals surface area contributed by atoms with Crippen molar-refractivity contribution >= 4 is 0 Å². The third-order valence-corrected chi connectivity index (χ3v) is 5.21. The van der Waals surface area contributed by atoms with Crippen molar-refractivity contribution in [3.63, 3.8) is 0 Å². The van der Waals surface area contributed by atoms with Gasteiger partial charge in [0.1, 0.15) is 0 Å². The molecule has 6 unspecified atom stereocenters. The Labute approximate surface area is 175 Å². The summed E-state index contributed by atoms with van der Waals surface area (Å²) < 4.78 is 143. The molecule has 0 aromatic carbocycles. The van der Waals surface area contributed by atoms with E-state index in [9.17, 15) is 62.9 Å². The maximum Gasteiger partial charge on any atom is 0.452 e. The molecule has 0 saturated heterocycles. The first-order valence-corrected chi connectivity index (χ1v) is 8.97. The number of rotatable bonds is 3. The molecule has 2 aliphatic carbocycles. The molecule has 2 nitrogen and oxygen atoms in total. The third kappa shape index (κ3) is 6.55. The molecule has 14 heteroatoms. The molecule has 0 aliphatic heterocycles. The molecule has 0 saturated carbocycles. The lowest BCUT2D eigenvalue weighted by molar-refractivity contribution is -0.299. The van der Waals surface area contributed by atoms with Crippen LogP contribution in [0.15, 0.2) is 23.3 Å². The van der Waals surface area contributed by atoms with Crippen LogP contribution in [0, 0.1) is 23.7 Å². The quantitative estimate of drug-likeness (QED) is 0.351. The molecule has 0 spiro atoms. The van der Waals surface area contributed by atoms with Crippen LogP contribution < -0.4 is 0 Å². The van der Waals surface area contributed by atoms with Crippen LogP contribution >= 0.6 is 0 Å². The van der Waals surface area contributed by atoms with Gasteiger partial charge in [-0.1, -0.05) is 26.0 Å². The number of alkyl halides is 12. The summed E-state index contributed by atoms with van der Waals surface area (Å²) in [5.41, 5.74) is -2.00. The van der Waals surface area contributed by atoms with Crippen molar-refractivity contribution in [3.05, 3.63) is 23.3 Å². The van der Waals surface area contributed by atoms with E-state index >= 15 is 0 Å². The second kappa shape index (κ2) is 11.1. The summed E-state index contributed by atoms with van der Waals surface area (Å²) in [5.74, 6) is -13.3. The molecule has 190 valence electrons. The molecule has 2 N–H and O–H groups in total. The molecule has 6 atom stereocenters. The lowest BCUT2D eigenvalue weighted by Crippen LogP contribution is -2.45. The van der Waals surface area contributed by atoms with E-state index in [-0.39, 0.29) is 12.8 Å². The maximum absolute atomic E-state index is 14.0. The van der Waals surface area contributed by atoms with Crippen LogP contribution in [-0.2, 0) is 0 Å². The van der Waals surface area contributed by atoms with Gasteiger partial charge < -0.3 is 10.2 Å². The minimum Gasteiger partial charge on any atom is -0.351 e. The first-order valence-electron chi connectivity index (χ1n) is 8.97. The fourth-order valence-electron chi connectivity index (χ4n) is 3.92. The topological polar surface area (TPSA) is 40.5 Å². The van der Waals surface area contributed by atoms with E-state index in [2.05, 4.69) is 0 Å². The largest absolute Gasteiger partial charge is 0.452 e. The Morgan fingerprint density at radius 3 is 1.53 bits per heavy atom. The summed E-state index contributed by atoms with van der Waals surface area (Å²) in [6.45, 7) is -0.848. The maximum atomic E-state index is 14.0. The average molecular weight is 498 g/mol. The van der Waals surface area contributed by atoms with Gasteiger partial charge >= 0.3 is 24.1 Å². The van der Waals surface area contributed by atoms with Gasteiger partial charge in [0.05, 0.1) is 0 Å². The Morgan fingerprint density at radius 2 is 1.16 bits per heavy atom. The highest BCUT2D eigenvalue weighted by Crippen LogP contribution is 2.54. The van der Waals surface area contributed by atoms with Crippen LogP contribution in [0.3, 0.4) is 0 Å². The van der Waals surface area contributed by atoms with Gasteiger partial charge in [-0.25, -0.2) is 17.6 Å². The predicted molar refractivity (Wildman–Crippen MR) is 89.1 cm³/mol. The highest BCUT2D eigenvalue weighted by Gasteiger charge is 2.63. The standard InChI is InChI=1S/C16H18F8O2.2CH2F2/c1-7-3-4-10(13(17,25)15(19,20)21)12(7)9-5-8(2)11(6-9)14(18,26)16(22,23)24;2*2-1-3/h4,6-9,12,25-26H,3,5H2,1-2H3;2*1H2. The van der Waals surface area contributed by atoms with E-state index in [1.54, 1.807) is 0 Å². The minimum atomic E-state index is -5.62. The minimum absolute atomic E-state index is 0.0183. The number of hydrogen-bond acceptors (Lipinski definition) is 2. The molecule has 0 radical (unpaired) electrons. The smallest absolute Gasteiger partial charge is 0.351 e. The van der Waals surface area contributed by atoms with Crippen molar-refractivity contribution in [2.75, 3.05) is 13.9 Å². The van der Waals surface area contributed by atoms with Crippen molar-refractivity contribution in [1.82, 2.24) is 0 Å². The number of allylic oxidation sites excluding steroid dienone is 2. The zero-order valence-corrected chi connectivity index (χ0v) is 16.7. The Bertz CT molecular complexity index is 649. The van der Waals surface area contributed by atoms with Gasteiger partial charge in [-0.2, -0.15) is 35.1 Å². The van der Waals surface area contributed by atoms with E-state index in [0.29, 0.717) is 0 Å². The van der Waals surface area contributed by atoms with Gasteiger partial charge in [-0.3, -0.25) is 0 Å². The van der Waals surface area contributed by atoms with Crippen LogP contribution in [0.5, 0.6) is 0 Å². The Balaban J connectivity index is 0.00000144. The second-order valence-corrected chi connectivity index (χ2v) is 7.26. The summed E-state index contributed by atoms with van der Waals surface area (Å²) in [7, 11) is 0. The molecule has 2 rings (SSSR count). The van der Waals surface area contributed by atoms with Crippen molar-refractivity contribution in [1.29, 1.82) is 0 Å². The summed E-state index contributed by atoms with van der Waals surface area (Å²) >= 11 is 0. The normalized spacial score (nSPS) is 29.5. The second-order valence-electron chi connectivity index (χ2n) is 7.26. The first-order chi connectivity index (χ1) is 14.3.